The Balaban J connectivity index is 0.650. The molecule has 5 fully saturated rings. The lowest BCUT2D eigenvalue weighted by molar-refractivity contribution is -0.136. The summed E-state index contributed by atoms with van der Waals surface area (Å²) in [6.45, 7) is 13.9. The van der Waals surface area contributed by atoms with Crippen LogP contribution in [0, 0.1) is 29.1 Å². The fourth-order valence-corrected chi connectivity index (χ4v) is 11.6. The monoisotopic (exact) mass is 909 g/mol. The maximum Gasteiger partial charge on any atom is 0.262 e. The van der Waals surface area contributed by atoms with Gasteiger partial charge in [0.25, 0.3) is 11.8 Å². The number of likely N-dealkylation sites (tertiary alicyclic amines) is 2. The minimum atomic E-state index is -0.957. The number of aromatic nitrogens is 2. The number of hydrogen-bond donors (Lipinski definition) is 1. The fourth-order valence-electron chi connectivity index (χ4n) is 11.3. The van der Waals surface area contributed by atoms with Crippen molar-refractivity contribution in [2.75, 3.05) is 68.7 Å². The highest BCUT2D eigenvalue weighted by Crippen LogP contribution is 2.38. The molecule has 0 bridgehead atoms. The first-order valence-corrected chi connectivity index (χ1v) is 23.9. The van der Waals surface area contributed by atoms with Gasteiger partial charge in [-0.3, -0.25) is 29.4 Å². The summed E-state index contributed by atoms with van der Waals surface area (Å²) in [5, 5.41) is 12.3. The van der Waals surface area contributed by atoms with Crippen molar-refractivity contribution < 1.29 is 23.9 Å². The van der Waals surface area contributed by atoms with E-state index in [9.17, 15) is 24.4 Å². The van der Waals surface area contributed by atoms with E-state index in [1.54, 1.807) is 12.1 Å². The van der Waals surface area contributed by atoms with E-state index in [1.807, 2.05) is 48.7 Å². The zero-order valence-electron chi connectivity index (χ0n) is 37.6. The van der Waals surface area contributed by atoms with Gasteiger partial charge in [-0.1, -0.05) is 37.6 Å². The van der Waals surface area contributed by atoms with Gasteiger partial charge in [-0.25, -0.2) is 9.97 Å². The first-order chi connectivity index (χ1) is 31.9. The summed E-state index contributed by atoms with van der Waals surface area (Å²) < 4.78 is 6.17. The van der Waals surface area contributed by atoms with Gasteiger partial charge in [0, 0.05) is 80.6 Å². The van der Waals surface area contributed by atoms with Crippen LogP contribution in [0.25, 0.3) is 0 Å². The predicted molar refractivity (Wildman–Crippen MR) is 249 cm³/mol. The number of benzene rings is 3. The van der Waals surface area contributed by atoms with Gasteiger partial charge in [-0.2, -0.15) is 5.26 Å². The Morgan fingerprint density at radius 2 is 1.53 bits per heavy atom. The van der Waals surface area contributed by atoms with Gasteiger partial charge in [-0.05, 0) is 129 Å². The van der Waals surface area contributed by atoms with Crippen LogP contribution in [0.2, 0.25) is 5.02 Å². The molecule has 10 rings (SSSR count). The number of ether oxygens (including phenoxy) is 1. The number of hydrogen-bond acceptors (Lipinski definition) is 12. The molecule has 6 aliphatic heterocycles. The van der Waals surface area contributed by atoms with E-state index in [1.165, 1.54) is 12.8 Å². The lowest BCUT2D eigenvalue weighted by Gasteiger charge is -2.42. The summed E-state index contributed by atoms with van der Waals surface area (Å²) >= 11 is 6.32. The number of imide groups is 2. The van der Waals surface area contributed by atoms with Crippen LogP contribution < -0.4 is 19.9 Å². The molecule has 7 heterocycles. The molecule has 342 valence electrons. The largest absolute Gasteiger partial charge is 0.487 e. The van der Waals surface area contributed by atoms with Crippen molar-refractivity contribution in [1.82, 2.24) is 30.0 Å². The third-order valence-corrected chi connectivity index (χ3v) is 15.4. The molecule has 3 aromatic carbocycles. The van der Waals surface area contributed by atoms with Crippen molar-refractivity contribution >= 4 is 46.9 Å². The van der Waals surface area contributed by atoms with Gasteiger partial charge >= 0.3 is 0 Å². The molecular formula is C51H56ClN9O5. The molecule has 0 spiro atoms. The average Bonchev–Trinajstić information content (AvgIpc) is 3.98. The van der Waals surface area contributed by atoms with Crippen LogP contribution in [0.1, 0.15) is 95.5 Å². The van der Waals surface area contributed by atoms with E-state index in [4.69, 9.17) is 21.3 Å². The number of carbonyl (C=O) groups excluding carboxylic acids is 4. The summed E-state index contributed by atoms with van der Waals surface area (Å²) in [6, 6.07) is 22.8. The third-order valence-electron chi connectivity index (χ3n) is 15.2. The molecule has 1 N–H and O–H groups in total. The van der Waals surface area contributed by atoms with Gasteiger partial charge in [0.05, 0.1) is 28.5 Å². The summed E-state index contributed by atoms with van der Waals surface area (Å²) in [5.41, 5.74) is 4.73. The van der Waals surface area contributed by atoms with E-state index >= 15 is 0 Å². The molecular weight excluding hydrogens is 854 g/mol. The highest BCUT2D eigenvalue weighted by Gasteiger charge is 2.46. The van der Waals surface area contributed by atoms with Crippen molar-refractivity contribution in [3.05, 3.63) is 111 Å². The SMILES string of the molecule is CC(C)(c1ccc(OCc2ccnc(N3CCC(N4CCC(CN5CC6CN(c7ccc8c(c7)C(=O)N(C7CCC(=O)NC7=O)C8=O)CC6C5)CC4)CC3)n2)cc1)c1cc(Cl)cc(C#N)c1. The van der Waals surface area contributed by atoms with Crippen molar-refractivity contribution in [1.29, 1.82) is 5.26 Å². The third kappa shape index (κ3) is 8.76. The van der Waals surface area contributed by atoms with Crippen molar-refractivity contribution in [3.63, 3.8) is 0 Å². The van der Waals surface area contributed by atoms with Crippen LogP contribution in [0.3, 0.4) is 0 Å². The predicted octanol–water partition coefficient (Wildman–Crippen LogP) is 6.06. The summed E-state index contributed by atoms with van der Waals surface area (Å²) in [4.78, 5) is 71.4. The second-order valence-corrected chi connectivity index (χ2v) is 20.1. The number of halogens is 1. The standard InChI is InChI=1S/C51H56ClN9O5/c1-51(2,37-21-33(25-53)22-38(52)23-37)36-3-6-42(7-4-36)66-31-39-11-16-54-50(55-39)59-19-14-40(15-20-59)58-17-12-32(13-18-58)26-57-27-34-29-60(30-35(34)28-57)41-5-8-43-44(24-41)49(65)61(48(43)64)45-9-10-46(62)56-47(45)63/h3-8,11,16,21-24,32,34-35,40,45H,9-10,12-15,17-20,26-31H2,1-2H3,(H,56,62,63). The Morgan fingerprint density at radius 3 is 2.24 bits per heavy atom. The molecule has 15 heteroatoms. The minimum Gasteiger partial charge on any atom is -0.487 e. The number of amides is 4. The maximum atomic E-state index is 13.4. The van der Waals surface area contributed by atoms with Gasteiger partial charge in [0.2, 0.25) is 17.8 Å². The molecule has 0 saturated carbocycles. The first kappa shape index (κ1) is 44.0. The number of nitrogens with zero attached hydrogens (tertiary/aromatic N) is 8. The van der Waals surface area contributed by atoms with E-state index in [0.717, 1.165) is 111 Å². The second kappa shape index (κ2) is 18.1. The average molecular weight is 911 g/mol. The number of fused-ring (bicyclic) bond motifs is 2. The number of nitriles is 1. The molecule has 6 aliphatic rings. The van der Waals surface area contributed by atoms with Crippen LogP contribution in [0.15, 0.2) is 72.9 Å². The molecule has 14 nitrogen and oxygen atoms in total. The normalized spacial score (nSPS) is 23.3. The van der Waals surface area contributed by atoms with Crippen molar-refractivity contribution in [2.24, 2.45) is 17.8 Å². The van der Waals surface area contributed by atoms with Gasteiger partial charge in [0.1, 0.15) is 18.4 Å². The quantitative estimate of drug-likeness (QED) is 0.174. The van der Waals surface area contributed by atoms with E-state index < -0.39 is 23.8 Å². The summed E-state index contributed by atoms with van der Waals surface area (Å²) in [6.07, 6.45) is 6.74. The molecule has 1 aromatic heterocycles. The number of anilines is 2. The van der Waals surface area contributed by atoms with E-state index in [0.29, 0.717) is 52.1 Å². The molecule has 0 radical (unpaired) electrons. The lowest BCUT2D eigenvalue weighted by Crippen LogP contribution is -2.54. The number of nitrogens with one attached hydrogen (secondary N) is 1. The van der Waals surface area contributed by atoms with Crippen LogP contribution in [0.5, 0.6) is 5.75 Å². The second-order valence-electron chi connectivity index (χ2n) is 19.6. The number of piperidine rings is 3. The van der Waals surface area contributed by atoms with Gasteiger partial charge in [0.15, 0.2) is 0 Å². The van der Waals surface area contributed by atoms with Crippen LogP contribution in [-0.4, -0.2) is 119 Å². The van der Waals surface area contributed by atoms with Crippen LogP contribution in [0.4, 0.5) is 11.6 Å². The van der Waals surface area contributed by atoms with Crippen LogP contribution >= 0.6 is 11.6 Å². The highest BCUT2D eigenvalue weighted by atomic mass is 35.5. The molecule has 66 heavy (non-hydrogen) atoms. The Kier molecular flexibility index (Phi) is 12.0. The van der Waals surface area contributed by atoms with E-state index in [-0.39, 0.29) is 24.2 Å². The molecule has 5 saturated heterocycles. The fraction of sp³-hybridized carbons (Fsp3) is 0.471. The van der Waals surface area contributed by atoms with Gasteiger partial charge < -0.3 is 24.3 Å². The zero-order chi connectivity index (χ0) is 45.7. The topological polar surface area (TPSA) is 155 Å². The Labute approximate surface area is 390 Å². The Bertz CT molecular complexity index is 2570. The smallest absolute Gasteiger partial charge is 0.262 e. The molecule has 4 amide bonds. The Morgan fingerprint density at radius 1 is 0.803 bits per heavy atom. The molecule has 3 unspecified atom stereocenters. The first-order valence-electron chi connectivity index (χ1n) is 23.5. The van der Waals surface area contributed by atoms with Crippen molar-refractivity contribution in [2.45, 2.75) is 76.5 Å². The molecule has 4 aromatic rings. The summed E-state index contributed by atoms with van der Waals surface area (Å²) in [5.74, 6) is 1.47. The lowest BCUT2D eigenvalue weighted by atomic mass is 9.78. The van der Waals surface area contributed by atoms with Crippen LogP contribution in [-0.2, 0) is 21.6 Å². The molecule has 3 atom stereocenters. The highest BCUT2D eigenvalue weighted by molar-refractivity contribution is 6.30. The zero-order valence-corrected chi connectivity index (χ0v) is 38.4. The Hall–Kier alpha value is -5.88. The number of rotatable bonds is 11. The maximum absolute atomic E-state index is 13.4. The molecule has 0 aliphatic carbocycles. The summed E-state index contributed by atoms with van der Waals surface area (Å²) in [7, 11) is 0. The van der Waals surface area contributed by atoms with Gasteiger partial charge in [-0.15, -0.1) is 0 Å². The minimum absolute atomic E-state index is 0.105. The van der Waals surface area contributed by atoms with Crippen molar-refractivity contribution in [3.8, 4) is 11.8 Å². The van der Waals surface area contributed by atoms with E-state index in [2.05, 4.69) is 61.9 Å². The number of carbonyl (C=O) groups is 4.